The van der Waals surface area contributed by atoms with Crippen molar-refractivity contribution in [3.8, 4) is 5.75 Å². The number of nitro groups is 1. The maximum atomic E-state index is 12.5. The van der Waals surface area contributed by atoms with Gasteiger partial charge < -0.3 is 10.1 Å². The van der Waals surface area contributed by atoms with E-state index in [2.05, 4.69) is 31.8 Å². The normalized spacial score (nSPS) is 10.6. The number of nitrogens with zero attached hydrogens (tertiary/aromatic N) is 2. The SMILES string of the molecule is O=C(N/N=C\c1ccccc1OC(=O)c1ccc(Br)cc1)c1ccc(NC(=O)c2ccc([N+](=O)[O-])cc2)cc1. The van der Waals surface area contributed by atoms with Crippen LogP contribution in [0.25, 0.3) is 0 Å². The number of halogens is 1. The molecule has 0 aliphatic rings. The van der Waals surface area contributed by atoms with Gasteiger partial charge in [-0.05, 0) is 72.8 Å². The third kappa shape index (κ3) is 7.21. The summed E-state index contributed by atoms with van der Waals surface area (Å²) in [6, 6.07) is 24.8. The number of anilines is 1. The largest absolute Gasteiger partial charge is 0.422 e. The van der Waals surface area contributed by atoms with Crippen LogP contribution in [0.15, 0.2) is 107 Å². The van der Waals surface area contributed by atoms with Gasteiger partial charge >= 0.3 is 5.97 Å². The Hall–Kier alpha value is -5.16. The fourth-order valence-corrected chi connectivity index (χ4v) is 3.56. The summed E-state index contributed by atoms with van der Waals surface area (Å²) in [5.74, 6) is -1.21. The Bertz CT molecular complexity index is 1550. The Labute approximate surface area is 230 Å². The molecule has 0 aliphatic heterocycles. The van der Waals surface area contributed by atoms with Crippen LogP contribution in [0.2, 0.25) is 0 Å². The van der Waals surface area contributed by atoms with Gasteiger partial charge in [0, 0.05) is 39.0 Å². The molecule has 39 heavy (non-hydrogen) atoms. The van der Waals surface area contributed by atoms with Crippen molar-refractivity contribution in [1.82, 2.24) is 5.43 Å². The van der Waals surface area contributed by atoms with E-state index in [-0.39, 0.29) is 22.6 Å². The minimum absolute atomic E-state index is 0.116. The Morgan fingerprint density at radius 1 is 0.795 bits per heavy atom. The predicted octanol–water partition coefficient (Wildman–Crippen LogP) is 5.59. The van der Waals surface area contributed by atoms with Gasteiger partial charge in [0.05, 0.1) is 16.7 Å². The van der Waals surface area contributed by atoms with Crippen LogP contribution in [0.1, 0.15) is 36.6 Å². The molecule has 4 aromatic carbocycles. The van der Waals surface area contributed by atoms with Crippen molar-refractivity contribution < 1.29 is 24.0 Å². The summed E-state index contributed by atoms with van der Waals surface area (Å²) in [6.45, 7) is 0. The number of hydrogen-bond donors (Lipinski definition) is 2. The number of rotatable bonds is 8. The van der Waals surface area contributed by atoms with E-state index in [4.69, 9.17) is 4.74 Å². The molecule has 0 saturated heterocycles. The van der Waals surface area contributed by atoms with E-state index in [0.29, 0.717) is 16.8 Å². The van der Waals surface area contributed by atoms with E-state index < -0.39 is 22.7 Å². The van der Waals surface area contributed by atoms with E-state index in [9.17, 15) is 24.5 Å². The third-order valence-electron chi connectivity index (χ3n) is 5.32. The lowest BCUT2D eigenvalue weighted by Gasteiger charge is -2.08. The first kappa shape index (κ1) is 26.9. The van der Waals surface area contributed by atoms with Crippen LogP contribution in [-0.2, 0) is 0 Å². The van der Waals surface area contributed by atoms with Crippen molar-refractivity contribution >= 4 is 51.3 Å². The van der Waals surface area contributed by atoms with Crippen LogP contribution in [0.3, 0.4) is 0 Å². The van der Waals surface area contributed by atoms with E-state index >= 15 is 0 Å². The third-order valence-corrected chi connectivity index (χ3v) is 5.85. The summed E-state index contributed by atoms with van der Waals surface area (Å²) >= 11 is 3.32. The zero-order valence-corrected chi connectivity index (χ0v) is 21.6. The van der Waals surface area contributed by atoms with Crippen LogP contribution >= 0.6 is 15.9 Å². The molecule has 4 rings (SSSR count). The topological polar surface area (TPSA) is 140 Å². The maximum absolute atomic E-state index is 12.5. The Morgan fingerprint density at radius 2 is 1.38 bits per heavy atom. The molecule has 0 aromatic heterocycles. The molecule has 0 atom stereocenters. The molecule has 194 valence electrons. The summed E-state index contributed by atoms with van der Waals surface area (Å²) in [5.41, 5.74) is 4.12. The zero-order chi connectivity index (χ0) is 27.8. The van der Waals surface area contributed by atoms with Gasteiger partial charge in [-0.2, -0.15) is 5.10 Å². The number of para-hydroxylation sites is 1. The summed E-state index contributed by atoms with van der Waals surface area (Å²) < 4.78 is 6.32. The molecule has 0 aliphatic carbocycles. The molecule has 0 heterocycles. The second kappa shape index (κ2) is 12.4. The molecule has 0 saturated carbocycles. The van der Waals surface area contributed by atoms with E-state index in [1.165, 1.54) is 42.6 Å². The molecule has 2 N–H and O–H groups in total. The first-order chi connectivity index (χ1) is 18.8. The molecule has 0 radical (unpaired) electrons. The number of hydrazone groups is 1. The van der Waals surface area contributed by atoms with E-state index in [0.717, 1.165) is 4.47 Å². The Kier molecular flexibility index (Phi) is 8.54. The Morgan fingerprint density at radius 3 is 2.05 bits per heavy atom. The summed E-state index contributed by atoms with van der Waals surface area (Å²) in [5, 5.41) is 17.4. The second-order valence-corrected chi connectivity index (χ2v) is 8.88. The lowest BCUT2D eigenvalue weighted by atomic mass is 10.1. The molecule has 4 aromatic rings. The lowest BCUT2D eigenvalue weighted by Crippen LogP contribution is -2.18. The molecular weight excluding hydrogens is 568 g/mol. The molecule has 10 nitrogen and oxygen atoms in total. The molecule has 2 amide bonds. The van der Waals surface area contributed by atoms with Gasteiger partial charge in [-0.15, -0.1) is 0 Å². The van der Waals surface area contributed by atoms with Gasteiger partial charge in [0.1, 0.15) is 5.75 Å². The van der Waals surface area contributed by atoms with Crippen LogP contribution in [0.5, 0.6) is 5.75 Å². The number of nitrogens with one attached hydrogen (secondary N) is 2. The van der Waals surface area contributed by atoms with Crippen LogP contribution in [0, 0.1) is 10.1 Å². The number of benzene rings is 4. The molecule has 0 spiro atoms. The monoisotopic (exact) mass is 586 g/mol. The Balaban J connectivity index is 1.34. The zero-order valence-electron chi connectivity index (χ0n) is 20.0. The fraction of sp³-hybridized carbons (Fsp3) is 0. The van der Waals surface area contributed by atoms with Crippen LogP contribution in [-0.4, -0.2) is 28.9 Å². The highest BCUT2D eigenvalue weighted by molar-refractivity contribution is 9.10. The average Bonchev–Trinajstić information content (AvgIpc) is 2.94. The average molecular weight is 587 g/mol. The van der Waals surface area contributed by atoms with Gasteiger partial charge in [0.25, 0.3) is 17.5 Å². The second-order valence-electron chi connectivity index (χ2n) is 7.97. The summed E-state index contributed by atoms with van der Waals surface area (Å²) in [6.07, 6.45) is 1.36. The van der Waals surface area contributed by atoms with E-state index in [1.54, 1.807) is 60.7 Å². The first-order valence-corrected chi connectivity index (χ1v) is 12.2. The standard InChI is InChI=1S/C28H19BrN4O6/c29-22-11-5-20(6-12-22)28(36)39-25-4-2-1-3-21(25)17-30-32-27(35)19-7-13-23(14-8-19)31-26(34)18-9-15-24(16-10-18)33(37)38/h1-17H,(H,31,34)(H,32,35)/b30-17-. The smallest absolute Gasteiger partial charge is 0.343 e. The summed E-state index contributed by atoms with van der Waals surface area (Å²) in [7, 11) is 0. The minimum atomic E-state index is -0.547. The quantitative estimate of drug-likeness (QED) is 0.0906. The van der Waals surface area contributed by atoms with E-state index in [1.807, 2.05) is 0 Å². The highest BCUT2D eigenvalue weighted by atomic mass is 79.9. The number of esters is 1. The number of carbonyl (C=O) groups is 3. The van der Waals surface area contributed by atoms with Crippen molar-refractivity contribution in [1.29, 1.82) is 0 Å². The summed E-state index contributed by atoms with van der Waals surface area (Å²) in [4.78, 5) is 47.5. The van der Waals surface area contributed by atoms with Gasteiger partial charge in [-0.25, -0.2) is 10.2 Å². The van der Waals surface area contributed by atoms with Crippen molar-refractivity contribution in [2.45, 2.75) is 0 Å². The first-order valence-electron chi connectivity index (χ1n) is 11.4. The molecule has 0 bridgehead atoms. The number of carbonyl (C=O) groups excluding carboxylic acids is 3. The fourth-order valence-electron chi connectivity index (χ4n) is 3.29. The molecule has 0 unspecified atom stereocenters. The van der Waals surface area contributed by atoms with Gasteiger partial charge in [-0.1, -0.05) is 28.1 Å². The predicted molar refractivity (Wildman–Crippen MR) is 148 cm³/mol. The van der Waals surface area contributed by atoms with Crippen LogP contribution < -0.4 is 15.5 Å². The number of hydrogen-bond acceptors (Lipinski definition) is 7. The lowest BCUT2D eigenvalue weighted by molar-refractivity contribution is -0.384. The van der Waals surface area contributed by atoms with Crippen LogP contribution in [0.4, 0.5) is 11.4 Å². The number of nitro benzene ring substituents is 1. The molecule has 0 fully saturated rings. The van der Waals surface area contributed by atoms with Crippen molar-refractivity contribution in [3.05, 3.63) is 134 Å². The number of ether oxygens (including phenoxy) is 1. The van der Waals surface area contributed by atoms with Crippen molar-refractivity contribution in [2.24, 2.45) is 5.10 Å². The van der Waals surface area contributed by atoms with Gasteiger partial charge in [-0.3, -0.25) is 19.7 Å². The number of amides is 2. The van der Waals surface area contributed by atoms with Gasteiger partial charge in [0.15, 0.2) is 0 Å². The minimum Gasteiger partial charge on any atom is -0.422 e. The van der Waals surface area contributed by atoms with Gasteiger partial charge in [0.2, 0.25) is 0 Å². The molecule has 11 heteroatoms. The molecular formula is C28H19BrN4O6. The van der Waals surface area contributed by atoms with Crippen molar-refractivity contribution in [2.75, 3.05) is 5.32 Å². The highest BCUT2D eigenvalue weighted by Gasteiger charge is 2.12. The highest BCUT2D eigenvalue weighted by Crippen LogP contribution is 2.19. The number of non-ortho nitro benzene ring substituents is 1. The van der Waals surface area contributed by atoms with Crippen molar-refractivity contribution in [3.63, 3.8) is 0 Å². The maximum Gasteiger partial charge on any atom is 0.343 e.